The molecule has 3 nitrogen and oxygen atoms in total. The molecule has 1 aliphatic heterocycles. The topological polar surface area (TPSA) is 46.3 Å². The summed E-state index contributed by atoms with van der Waals surface area (Å²) in [6.45, 7) is 1.68. The Kier molecular flexibility index (Phi) is 7.44. The van der Waals surface area contributed by atoms with Crippen molar-refractivity contribution in [3.63, 3.8) is 0 Å². The van der Waals surface area contributed by atoms with Gasteiger partial charge >= 0.3 is 0 Å². The van der Waals surface area contributed by atoms with Gasteiger partial charge in [0.2, 0.25) is 5.91 Å². The predicted octanol–water partition coefficient (Wildman–Crippen LogP) is 4.04. The second-order valence-electron chi connectivity index (χ2n) is 6.32. The highest BCUT2D eigenvalue weighted by atomic mass is 16.2. The molecule has 3 heteroatoms. The molecule has 1 aromatic rings. The maximum atomic E-state index is 12.7. The zero-order valence-electron chi connectivity index (χ0n) is 13.7. The van der Waals surface area contributed by atoms with Gasteiger partial charge in [0.05, 0.1) is 6.04 Å². The zero-order valence-corrected chi connectivity index (χ0v) is 13.7. The monoisotopic (exact) mass is 302 g/mol. The summed E-state index contributed by atoms with van der Waals surface area (Å²) in [5, 5.41) is 0. The summed E-state index contributed by atoms with van der Waals surface area (Å²) < 4.78 is 0. The first-order valence-corrected chi connectivity index (χ1v) is 8.87. The molecular weight excluding hydrogens is 272 g/mol. The molecule has 2 rings (SSSR count). The van der Waals surface area contributed by atoms with Crippen LogP contribution in [0.25, 0.3) is 0 Å². The molecule has 1 heterocycles. The quantitative estimate of drug-likeness (QED) is 0.773. The molecular formula is C19H30N2O. The van der Waals surface area contributed by atoms with Crippen LogP contribution in [0, 0.1) is 0 Å². The van der Waals surface area contributed by atoms with E-state index in [1.54, 1.807) is 0 Å². The number of unbranched alkanes of at least 4 members (excludes halogenated alkanes) is 3. The summed E-state index contributed by atoms with van der Waals surface area (Å²) in [7, 11) is 0. The zero-order chi connectivity index (χ0) is 15.6. The maximum Gasteiger partial charge on any atom is 0.223 e. The molecule has 0 aliphatic carbocycles. The van der Waals surface area contributed by atoms with E-state index >= 15 is 0 Å². The van der Waals surface area contributed by atoms with Crippen LogP contribution in [0.3, 0.4) is 0 Å². The van der Waals surface area contributed by atoms with Gasteiger partial charge in [-0.25, -0.2) is 0 Å². The highest BCUT2D eigenvalue weighted by molar-refractivity contribution is 5.76. The van der Waals surface area contributed by atoms with Crippen molar-refractivity contribution in [2.75, 3.05) is 13.1 Å². The van der Waals surface area contributed by atoms with Crippen LogP contribution in [0.5, 0.6) is 0 Å². The summed E-state index contributed by atoms with van der Waals surface area (Å²) in [5.74, 6) is 0.337. The molecule has 0 saturated carbocycles. The number of hydrogen-bond donors (Lipinski definition) is 1. The second-order valence-corrected chi connectivity index (χ2v) is 6.32. The standard InChI is InChI=1S/C19H30N2O/c20-15-9-2-1-8-14-19(22)21-16-10-4-7-13-18(21)17-11-5-3-6-12-17/h3,5-6,11-12,18H,1-2,4,7-10,13-16,20H2. The molecule has 2 N–H and O–H groups in total. The van der Waals surface area contributed by atoms with Gasteiger partial charge in [0, 0.05) is 13.0 Å². The number of likely N-dealkylation sites (tertiary alicyclic amines) is 1. The van der Waals surface area contributed by atoms with E-state index in [4.69, 9.17) is 5.73 Å². The van der Waals surface area contributed by atoms with Gasteiger partial charge < -0.3 is 10.6 Å². The number of carbonyl (C=O) groups excluding carboxylic acids is 1. The first kappa shape index (κ1) is 17.0. The number of carbonyl (C=O) groups is 1. The van der Waals surface area contributed by atoms with E-state index in [2.05, 4.69) is 29.2 Å². The summed E-state index contributed by atoms with van der Waals surface area (Å²) in [6, 6.07) is 10.8. The van der Waals surface area contributed by atoms with Crippen LogP contribution in [-0.2, 0) is 4.79 Å². The summed E-state index contributed by atoms with van der Waals surface area (Å²) >= 11 is 0. The highest BCUT2D eigenvalue weighted by Gasteiger charge is 2.25. The molecule has 22 heavy (non-hydrogen) atoms. The Labute approximate surface area is 134 Å². The van der Waals surface area contributed by atoms with Crippen molar-refractivity contribution in [2.45, 2.75) is 63.8 Å². The molecule has 0 bridgehead atoms. The van der Waals surface area contributed by atoms with E-state index < -0.39 is 0 Å². The van der Waals surface area contributed by atoms with Gasteiger partial charge in [-0.2, -0.15) is 0 Å². The van der Waals surface area contributed by atoms with Gasteiger partial charge in [-0.05, 0) is 37.8 Å². The van der Waals surface area contributed by atoms with E-state index in [9.17, 15) is 4.79 Å². The molecule has 1 unspecified atom stereocenters. The van der Waals surface area contributed by atoms with Gasteiger partial charge in [-0.15, -0.1) is 0 Å². The molecule has 122 valence electrons. The Morgan fingerprint density at radius 1 is 1.05 bits per heavy atom. The summed E-state index contributed by atoms with van der Waals surface area (Å²) in [6.07, 6.45) is 9.72. The molecule has 0 spiro atoms. The van der Waals surface area contributed by atoms with Gasteiger partial charge in [0.25, 0.3) is 0 Å². The lowest BCUT2D eigenvalue weighted by Gasteiger charge is -2.30. The van der Waals surface area contributed by atoms with Gasteiger partial charge in [-0.1, -0.05) is 56.0 Å². The lowest BCUT2D eigenvalue weighted by Crippen LogP contribution is -2.34. The van der Waals surface area contributed by atoms with Crippen LogP contribution in [0.4, 0.5) is 0 Å². The van der Waals surface area contributed by atoms with Crippen LogP contribution in [0.15, 0.2) is 30.3 Å². The van der Waals surface area contributed by atoms with Crippen LogP contribution >= 0.6 is 0 Å². The fraction of sp³-hybridized carbons (Fsp3) is 0.632. The van der Waals surface area contributed by atoms with Gasteiger partial charge in [-0.3, -0.25) is 4.79 Å². The molecule has 1 aliphatic rings. The fourth-order valence-electron chi connectivity index (χ4n) is 3.35. The predicted molar refractivity (Wildman–Crippen MR) is 91.5 cm³/mol. The van der Waals surface area contributed by atoms with Crippen molar-refractivity contribution in [1.29, 1.82) is 0 Å². The average molecular weight is 302 g/mol. The minimum atomic E-state index is 0.278. The van der Waals surface area contributed by atoms with Crippen molar-refractivity contribution in [2.24, 2.45) is 5.73 Å². The summed E-state index contributed by atoms with van der Waals surface area (Å²) in [4.78, 5) is 14.8. The van der Waals surface area contributed by atoms with Crippen LogP contribution < -0.4 is 5.73 Å². The smallest absolute Gasteiger partial charge is 0.223 e. The Morgan fingerprint density at radius 2 is 1.82 bits per heavy atom. The van der Waals surface area contributed by atoms with Crippen LogP contribution in [0.1, 0.15) is 69.4 Å². The second kappa shape index (κ2) is 9.62. The normalized spacial score (nSPS) is 19.0. The number of nitrogens with zero attached hydrogens (tertiary/aromatic N) is 1. The Balaban J connectivity index is 1.93. The maximum absolute atomic E-state index is 12.7. The molecule has 1 amide bonds. The van der Waals surface area contributed by atoms with E-state index in [1.165, 1.54) is 18.4 Å². The molecule has 0 radical (unpaired) electrons. The molecule has 0 aromatic heterocycles. The van der Waals surface area contributed by atoms with E-state index in [0.717, 1.165) is 51.6 Å². The van der Waals surface area contributed by atoms with Crippen LogP contribution in [-0.4, -0.2) is 23.9 Å². The van der Waals surface area contributed by atoms with E-state index in [-0.39, 0.29) is 6.04 Å². The van der Waals surface area contributed by atoms with Crippen molar-refractivity contribution in [1.82, 2.24) is 4.90 Å². The third-order valence-electron chi connectivity index (χ3n) is 4.60. The Bertz CT molecular complexity index is 432. The Morgan fingerprint density at radius 3 is 2.59 bits per heavy atom. The first-order chi connectivity index (χ1) is 10.8. The third kappa shape index (κ3) is 5.13. The van der Waals surface area contributed by atoms with E-state index in [1.807, 2.05) is 6.07 Å². The average Bonchev–Trinajstić information content (AvgIpc) is 2.81. The number of hydrogen-bond acceptors (Lipinski definition) is 2. The minimum Gasteiger partial charge on any atom is -0.336 e. The number of benzene rings is 1. The molecule has 1 aromatic carbocycles. The van der Waals surface area contributed by atoms with Crippen LogP contribution in [0.2, 0.25) is 0 Å². The molecule has 1 fully saturated rings. The molecule has 1 atom stereocenters. The number of rotatable bonds is 7. The van der Waals surface area contributed by atoms with Crippen molar-refractivity contribution in [3.05, 3.63) is 35.9 Å². The first-order valence-electron chi connectivity index (χ1n) is 8.87. The lowest BCUT2D eigenvalue weighted by molar-refractivity contribution is -0.133. The third-order valence-corrected chi connectivity index (χ3v) is 4.60. The van der Waals surface area contributed by atoms with Gasteiger partial charge in [0.1, 0.15) is 0 Å². The highest BCUT2D eigenvalue weighted by Crippen LogP contribution is 2.30. The SMILES string of the molecule is NCCCCCCC(=O)N1CCCCCC1c1ccccc1. The fourth-order valence-corrected chi connectivity index (χ4v) is 3.35. The van der Waals surface area contributed by atoms with Crippen molar-refractivity contribution >= 4 is 5.91 Å². The minimum absolute atomic E-state index is 0.278. The number of amides is 1. The summed E-state index contributed by atoms with van der Waals surface area (Å²) in [5.41, 5.74) is 6.80. The van der Waals surface area contributed by atoms with E-state index in [0.29, 0.717) is 12.3 Å². The van der Waals surface area contributed by atoms with Gasteiger partial charge in [0.15, 0.2) is 0 Å². The van der Waals surface area contributed by atoms with Crippen molar-refractivity contribution in [3.8, 4) is 0 Å². The lowest BCUT2D eigenvalue weighted by atomic mass is 10.0. The Hall–Kier alpha value is -1.35. The molecule has 1 saturated heterocycles. The largest absolute Gasteiger partial charge is 0.336 e. The number of nitrogens with two attached hydrogens (primary N) is 1. The van der Waals surface area contributed by atoms with Crippen molar-refractivity contribution < 1.29 is 4.79 Å².